The van der Waals surface area contributed by atoms with E-state index < -0.39 is 10.0 Å². The molecule has 0 saturated carbocycles. The number of primary sulfonamides is 1. The Morgan fingerprint density at radius 1 is 1.00 bits per heavy atom. The molecule has 1 heterocycles. The third-order valence-corrected chi connectivity index (χ3v) is 4.80. The van der Waals surface area contributed by atoms with Crippen LogP contribution in [0.15, 0.2) is 53.4 Å². The normalized spacial score (nSPS) is 15.8. The lowest BCUT2D eigenvalue weighted by Crippen LogP contribution is -2.43. The summed E-state index contributed by atoms with van der Waals surface area (Å²) in [6.07, 6.45) is 0. The average molecular weight is 317 g/mol. The molecule has 0 unspecified atom stereocenters. The first kappa shape index (κ1) is 15.0. The second kappa shape index (κ2) is 6.08. The molecular formula is C16H19N3O2S. The molecule has 0 spiro atoms. The number of anilines is 1. The fourth-order valence-electron chi connectivity index (χ4n) is 2.75. The van der Waals surface area contributed by atoms with Crippen LogP contribution in [0.3, 0.4) is 0 Å². The summed E-state index contributed by atoms with van der Waals surface area (Å²) in [5.74, 6) is 0. The predicted octanol–water partition coefficient (Wildman–Crippen LogP) is 1.41. The number of hydrogen-bond donors (Lipinski definition) is 2. The highest BCUT2D eigenvalue weighted by Crippen LogP contribution is 2.29. The Morgan fingerprint density at radius 3 is 2.45 bits per heavy atom. The number of benzene rings is 2. The van der Waals surface area contributed by atoms with Crippen molar-refractivity contribution in [1.29, 1.82) is 0 Å². The smallest absolute Gasteiger partial charge is 0.238 e. The van der Waals surface area contributed by atoms with Crippen molar-refractivity contribution in [3.8, 4) is 11.1 Å². The third-order valence-electron chi connectivity index (χ3n) is 3.83. The van der Waals surface area contributed by atoms with Crippen molar-refractivity contribution in [2.45, 2.75) is 4.90 Å². The van der Waals surface area contributed by atoms with E-state index in [0.29, 0.717) is 5.56 Å². The predicted molar refractivity (Wildman–Crippen MR) is 88.3 cm³/mol. The monoisotopic (exact) mass is 317 g/mol. The number of sulfonamides is 1. The number of nitrogens with two attached hydrogens (primary N) is 1. The summed E-state index contributed by atoms with van der Waals surface area (Å²) in [5.41, 5.74) is 2.60. The van der Waals surface area contributed by atoms with Gasteiger partial charge in [-0.1, -0.05) is 30.3 Å². The Labute approximate surface area is 130 Å². The molecular weight excluding hydrogens is 298 g/mol. The maximum atomic E-state index is 11.8. The lowest BCUT2D eigenvalue weighted by Gasteiger charge is -2.29. The van der Waals surface area contributed by atoms with Crippen LogP contribution in [0.4, 0.5) is 5.69 Å². The minimum Gasteiger partial charge on any atom is -0.369 e. The number of nitrogens with one attached hydrogen (secondary N) is 1. The fourth-order valence-corrected chi connectivity index (χ4v) is 3.51. The van der Waals surface area contributed by atoms with E-state index in [0.717, 1.165) is 37.4 Å². The van der Waals surface area contributed by atoms with Crippen LogP contribution in [0.25, 0.3) is 11.1 Å². The maximum Gasteiger partial charge on any atom is 0.238 e. The van der Waals surface area contributed by atoms with E-state index in [-0.39, 0.29) is 4.90 Å². The summed E-state index contributed by atoms with van der Waals surface area (Å²) in [6, 6.07) is 14.8. The SMILES string of the molecule is NS(=O)(=O)c1ccccc1-c1cccc(N2CCNCC2)c1. The summed E-state index contributed by atoms with van der Waals surface area (Å²) >= 11 is 0. The molecule has 0 aliphatic carbocycles. The number of hydrogen-bond acceptors (Lipinski definition) is 4. The minimum atomic E-state index is -3.74. The van der Waals surface area contributed by atoms with Crippen LogP contribution in [-0.2, 0) is 10.0 Å². The second-order valence-corrected chi connectivity index (χ2v) is 6.86. The minimum absolute atomic E-state index is 0.160. The number of piperazine rings is 1. The lowest BCUT2D eigenvalue weighted by molar-refractivity contribution is 0.589. The third kappa shape index (κ3) is 3.14. The molecule has 1 aliphatic heterocycles. The molecule has 1 fully saturated rings. The van der Waals surface area contributed by atoms with Crippen molar-refractivity contribution in [2.75, 3.05) is 31.1 Å². The molecule has 1 saturated heterocycles. The van der Waals surface area contributed by atoms with Gasteiger partial charge in [-0.2, -0.15) is 0 Å². The summed E-state index contributed by atoms with van der Waals surface area (Å²) in [7, 11) is -3.74. The van der Waals surface area contributed by atoms with Crippen LogP contribution < -0.4 is 15.4 Å². The zero-order valence-corrected chi connectivity index (χ0v) is 13.0. The highest BCUT2D eigenvalue weighted by atomic mass is 32.2. The molecule has 2 aromatic rings. The Bertz CT molecular complexity index is 768. The summed E-state index contributed by atoms with van der Waals surface area (Å²) in [6.45, 7) is 3.80. The summed E-state index contributed by atoms with van der Waals surface area (Å²) in [4.78, 5) is 2.45. The van der Waals surface area contributed by atoms with Gasteiger partial charge < -0.3 is 10.2 Å². The van der Waals surface area contributed by atoms with Gasteiger partial charge in [-0.05, 0) is 23.8 Å². The molecule has 0 bridgehead atoms. The maximum absolute atomic E-state index is 11.8. The van der Waals surface area contributed by atoms with Gasteiger partial charge >= 0.3 is 0 Å². The molecule has 3 N–H and O–H groups in total. The Kier molecular flexibility index (Phi) is 4.15. The topological polar surface area (TPSA) is 75.4 Å². The van der Waals surface area contributed by atoms with Gasteiger partial charge in [-0.25, -0.2) is 13.6 Å². The zero-order chi connectivity index (χ0) is 15.6. The first-order valence-electron chi connectivity index (χ1n) is 7.24. The van der Waals surface area contributed by atoms with Crippen LogP contribution in [0.5, 0.6) is 0 Å². The molecule has 0 atom stereocenters. The van der Waals surface area contributed by atoms with Crippen LogP contribution in [0.1, 0.15) is 0 Å². The van der Waals surface area contributed by atoms with E-state index in [1.807, 2.05) is 30.3 Å². The van der Waals surface area contributed by atoms with Gasteiger partial charge in [0.1, 0.15) is 0 Å². The lowest BCUT2D eigenvalue weighted by atomic mass is 10.0. The van der Waals surface area contributed by atoms with Gasteiger partial charge in [-0.3, -0.25) is 0 Å². The molecule has 116 valence electrons. The molecule has 1 aliphatic rings. The van der Waals surface area contributed by atoms with E-state index >= 15 is 0 Å². The van der Waals surface area contributed by atoms with E-state index in [1.165, 1.54) is 0 Å². The van der Waals surface area contributed by atoms with Gasteiger partial charge in [0.15, 0.2) is 0 Å². The van der Waals surface area contributed by atoms with Crippen molar-refractivity contribution in [2.24, 2.45) is 5.14 Å². The second-order valence-electron chi connectivity index (χ2n) is 5.33. The quantitative estimate of drug-likeness (QED) is 0.897. The van der Waals surface area contributed by atoms with E-state index in [4.69, 9.17) is 5.14 Å². The van der Waals surface area contributed by atoms with Crippen LogP contribution >= 0.6 is 0 Å². The largest absolute Gasteiger partial charge is 0.369 e. The fraction of sp³-hybridized carbons (Fsp3) is 0.250. The molecule has 22 heavy (non-hydrogen) atoms. The zero-order valence-electron chi connectivity index (χ0n) is 12.2. The number of nitrogens with zero attached hydrogens (tertiary/aromatic N) is 1. The van der Waals surface area contributed by atoms with Gasteiger partial charge in [0.25, 0.3) is 0 Å². The average Bonchev–Trinajstić information content (AvgIpc) is 2.55. The standard InChI is InChI=1S/C16H19N3O2S/c17-22(20,21)16-7-2-1-6-15(16)13-4-3-5-14(12-13)19-10-8-18-9-11-19/h1-7,12,18H,8-11H2,(H2,17,20,21). The molecule has 0 radical (unpaired) electrons. The van der Waals surface area contributed by atoms with Crippen LogP contribution in [0, 0.1) is 0 Å². The van der Waals surface area contributed by atoms with Gasteiger partial charge in [0.2, 0.25) is 10.0 Å². The highest BCUT2D eigenvalue weighted by Gasteiger charge is 2.16. The molecule has 5 nitrogen and oxygen atoms in total. The van der Waals surface area contributed by atoms with E-state index in [2.05, 4.69) is 10.2 Å². The van der Waals surface area contributed by atoms with E-state index in [9.17, 15) is 8.42 Å². The van der Waals surface area contributed by atoms with Crippen molar-refractivity contribution in [3.05, 3.63) is 48.5 Å². The van der Waals surface area contributed by atoms with Crippen molar-refractivity contribution in [1.82, 2.24) is 5.32 Å². The summed E-state index contributed by atoms with van der Waals surface area (Å²) in [5, 5.41) is 8.65. The highest BCUT2D eigenvalue weighted by molar-refractivity contribution is 7.89. The van der Waals surface area contributed by atoms with Crippen molar-refractivity contribution < 1.29 is 8.42 Å². The number of rotatable bonds is 3. The van der Waals surface area contributed by atoms with E-state index in [1.54, 1.807) is 18.2 Å². The molecule has 3 rings (SSSR count). The summed E-state index contributed by atoms with van der Waals surface area (Å²) < 4.78 is 23.5. The van der Waals surface area contributed by atoms with Crippen LogP contribution in [0.2, 0.25) is 0 Å². The van der Waals surface area contributed by atoms with Gasteiger partial charge in [0.05, 0.1) is 4.90 Å². The Balaban J connectivity index is 2.03. The first-order chi connectivity index (χ1) is 10.6. The Morgan fingerprint density at radius 2 is 1.73 bits per heavy atom. The Hall–Kier alpha value is -1.89. The molecule has 0 amide bonds. The molecule has 0 aromatic heterocycles. The van der Waals surface area contributed by atoms with Crippen molar-refractivity contribution in [3.63, 3.8) is 0 Å². The van der Waals surface area contributed by atoms with Gasteiger partial charge in [0, 0.05) is 37.4 Å². The van der Waals surface area contributed by atoms with Crippen molar-refractivity contribution >= 4 is 15.7 Å². The molecule has 2 aromatic carbocycles. The molecule has 6 heteroatoms. The first-order valence-corrected chi connectivity index (χ1v) is 8.78. The van der Waals surface area contributed by atoms with Gasteiger partial charge in [-0.15, -0.1) is 0 Å². The van der Waals surface area contributed by atoms with Crippen LogP contribution in [-0.4, -0.2) is 34.6 Å².